The molecule has 2 amide bonds. The van der Waals surface area contributed by atoms with Gasteiger partial charge in [-0.1, -0.05) is 0 Å². The average molecular weight is 396 g/mol. The van der Waals surface area contributed by atoms with E-state index in [-0.39, 0.29) is 30.9 Å². The van der Waals surface area contributed by atoms with E-state index < -0.39 is 17.6 Å². The molecule has 28 heavy (non-hydrogen) atoms. The van der Waals surface area contributed by atoms with Gasteiger partial charge in [-0.15, -0.1) is 0 Å². The summed E-state index contributed by atoms with van der Waals surface area (Å²) in [6.45, 7) is 2.89. The van der Waals surface area contributed by atoms with Crippen LogP contribution in [-0.4, -0.2) is 34.9 Å². The van der Waals surface area contributed by atoms with Crippen LogP contribution in [0.1, 0.15) is 19.4 Å². The maximum absolute atomic E-state index is 13.1. The van der Waals surface area contributed by atoms with Gasteiger partial charge in [-0.2, -0.15) is 18.2 Å². The number of alkyl halides is 3. The topological polar surface area (TPSA) is 108 Å². The van der Waals surface area contributed by atoms with Crippen molar-refractivity contribution >= 4 is 35.0 Å². The zero-order valence-electron chi connectivity index (χ0n) is 15.1. The molecule has 150 valence electrons. The molecule has 4 N–H and O–H groups in total. The molecule has 0 aliphatic heterocycles. The third-order valence-electron chi connectivity index (χ3n) is 3.35. The number of benzene rings is 1. The highest BCUT2D eigenvalue weighted by Gasteiger charge is 2.35. The highest BCUT2D eigenvalue weighted by Crippen LogP contribution is 2.34. The van der Waals surface area contributed by atoms with Gasteiger partial charge in [0.2, 0.25) is 17.8 Å². The van der Waals surface area contributed by atoms with Gasteiger partial charge in [-0.3, -0.25) is 9.59 Å². The van der Waals surface area contributed by atoms with Crippen molar-refractivity contribution in [1.82, 2.24) is 15.3 Å². The summed E-state index contributed by atoms with van der Waals surface area (Å²) in [5, 5.41) is 10.4. The Morgan fingerprint density at radius 1 is 1.00 bits per heavy atom. The van der Waals surface area contributed by atoms with Gasteiger partial charge < -0.3 is 21.3 Å². The van der Waals surface area contributed by atoms with E-state index in [2.05, 4.69) is 31.2 Å². The molecule has 1 aromatic carbocycles. The summed E-state index contributed by atoms with van der Waals surface area (Å²) in [6.07, 6.45) is -3.95. The molecule has 2 rings (SSSR count). The molecular formula is C17H19F3N6O2. The summed E-state index contributed by atoms with van der Waals surface area (Å²) < 4.78 is 39.4. The molecule has 0 saturated heterocycles. The lowest BCUT2D eigenvalue weighted by atomic mass is 10.2. The van der Waals surface area contributed by atoms with E-state index in [1.165, 1.54) is 13.8 Å². The molecule has 0 atom stereocenters. The number of hydrogen-bond donors (Lipinski definition) is 4. The summed E-state index contributed by atoms with van der Waals surface area (Å²) in [6, 6.07) is 6.49. The molecule has 0 unspecified atom stereocenters. The second kappa shape index (κ2) is 9.02. The zero-order valence-corrected chi connectivity index (χ0v) is 15.1. The summed E-state index contributed by atoms with van der Waals surface area (Å²) in [5.74, 6) is -0.945. The fraction of sp³-hybridized carbons (Fsp3) is 0.294. The van der Waals surface area contributed by atoms with E-state index >= 15 is 0 Å². The summed E-state index contributed by atoms with van der Waals surface area (Å²) in [5.41, 5.74) is 0.0895. The molecule has 0 radical (unpaired) electrons. The minimum atomic E-state index is -4.63. The number of halogens is 3. The van der Waals surface area contributed by atoms with Crippen LogP contribution in [0.3, 0.4) is 0 Å². The van der Waals surface area contributed by atoms with Crippen molar-refractivity contribution in [2.45, 2.75) is 20.0 Å². The van der Waals surface area contributed by atoms with Gasteiger partial charge in [0.1, 0.15) is 11.4 Å². The van der Waals surface area contributed by atoms with E-state index in [4.69, 9.17) is 0 Å². The highest BCUT2D eigenvalue weighted by molar-refractivity contribution is 5.88. The van der Waals surface area contributed by atoms with E-state index in [1.807, 2.05) is 0 Å². The van der Waals surface area contributed by atoms with E-state index in [0.29, 0.717) is 17.6 Å². The van der Waals surface area contributed by atoms with Crippen LogP contribution < -0.4 is 21.3 Å². The first kappa shape index (κ1) is 20.9. The Morgan fingerprint density at radius 3 is 2.21 bits per heavy atom. The SMILES string of the molecule is CC(=O)NCCNc1nc(Nc2ccc(NC(C)=O)cc2)ncc1C(F)(F)F. The van der Waals surface area contributed by atoms with Crippen LogP contribution in [0.5, 0.6) is 0 Å². The molecule has 0 aliphatic rings. The quantitative estimate of drug-likeness (QED) is 0.536. The van der Waals surface area contributed by atoms with Crippen molar-refractivity contribution in [3.05, 3.63) is 36.0 Å². The van der Waals surface area contributed by atoms with Gasteiger partial charge in [0.05, 0.1) is 0 Å². The molecule has 11 heteroatoms. The lowest BCUT2D eigenvalue weighted by Gasteiger charge is -2.15. The second-order valence-corrected chi connectivity index (χ2v) is 5.75. The molecule has 1 aromatic heterocycles. The van der Waals surface area contributed by atoms with Crippen molar-refractivity contribution in [1.29, 1.82) is 0 Å². The summed E-state index contributed by atoms with van der Waals surface area (Å²) >= 11 is 0. The number of nitrogens with zero attached hydrogens (tertiary/aromatic N) is 2. The minimum absolute atomic E-state index is 0.0395. The molecule has 2 aromatic rings. The second-order valence-electron chi connectivity index (χ2n) is 5.75. The lowest BCUT2D eigenvalue weighted by Crippen LogP contribution is -2.27. The monoisotopic (exact) mass is 396 g/mol. The Balaban J connectivity index is 2.14. The molecule has 8 nitrogen and oxygen atoms in total. The number of aromatic nitrogens is 2. The van der Waals surface area contributed by atoms with Crippen LogP contribution in [0.2, 0.25) is 0 Å². The number of hydrogen-bond acceptors (Lipinski definition) is 6. The van der Waals surface area contributed by atoms with Crippen LogP contribution in [0.25, 0.3) is 0 Å². The first-order valence-corrected chi connectivity index (χ1v) is 8.22. The number of carbonyl (C=O) groups excluding carboxylic acids is 2. The van der Waals surface area contributed by atoms with Crippen molar-refractivity contribution < 1.29 is 22.8 Å². The fourth-order valence-electron chi connectivity index (χ4n) is 2.17. The van der Waals surface area contributed by atoms with Gasteiger partial charge in [0.25, 0.3) is 0 Å². The Bertz CT molecular complexity index is 840. The number of rotatable bonds is 7. The first-order valence-electron chi connectivity index (χ1n) is 8.22. The number of anilines is 4. The van der Waals surface area contributed by atoms with Crippen molar-refractivity contribution in [2.24, 2.45) is 0 Å². The zero-order chi connectivity index (χ0) is 20.7. The third kappa shape index (κ3) is 6.41. The maximum Gasteiger partial charge on any atom is 0.421 e. The van der Waals surface area contributed by atoms with Gasteiger partial charge in [0.15, 0.2) is 0 Å². The Kier molecular flexibility index (Phi) is 6.74. The Morgan fingerprint density at radius 2 is 1.64 bits per heavy atom. The minimum Gasteiger partial charge on any atom is -0.368 e. The predicted molar refractivity (Wildman–Crippen MR) is 98.2 cm³/mol. The van der Waals surface area contributed by atoms with Crippen LogP contribution in [0.4, 0.5) is 36.3 Å². The van der Waals surface area contributed by atoms with Crippen molar-refractivity contribution in [2.75, 3.05) is 29.0 Å². The molecule has 1 heterocycles. The molecule has 0 spiro atoms. The molecule has 0 fully saturated rings. The number of carbonyl (C=O) groups is 2. The highest BCUT2D eigenvalue weighted by atomic mass is 19.4. The van der Waals surface area contributed by atoms with Gasteiger partial charge in [-0.05, 0) is 24.3 Å². The van der Waals surface area contributed by atoms with E-state index in [9.17, 15) is 22.8 Å². The molecule has 0 saturated carbocycles. The summed E-state index contributed by atoms with van der Waals surface area (Å²) in [4.78, 5) is 29.5. The lowest BCUT2D eigenvalue weighted by molar-refractivity contribution is -0.137. The van der Waals surface area contributed by atoms with Gasteiger partial charge in [0, 0.05) is 44.5 Å². The van der Waals surface area contributed by atoms with Crippen LogP contribution >= 0.6 is 0 Å². The van der Waals surface area contributed by atoms with Gasteiger partial charge >= 0.3 is 6.18 Å². The average Bonchev–Trinajstić information content (AvgIpc) is 2.59. The van der Waals surface area contributed by atoms with E-state index in [0.717, 1.165) is 0 Å². The summed E-state index contributed by atoms with van der Waals surface area (Å²) in [7, 11) is 0. The molecule has 0 aliphatic carbocycles. The maximum atomic E-state index is 13.1. The van der Waals surface area contributed by atoms with Crippen LogP contribution in [0, 0.1) is 0 Å². The predicted octanol–water partition coefficient (Wildman–Crippen LogP) is 2.75. The largest absolute Gasteiger partial charge is 0.421 e. The smallest absolute Gasteiger partial charge is 0.368 e. The van der Waals surface area contributed by atoms with Crippen molar-refractivity contribution in [3.8, 4) is 0 Å². The van der Waals surface area contributed by atoms with Crippen LogP contribution in [-0.2, 0) is 15.8 Å². The van der Waals surface area contributed by atoms with Crippen LogP contribution in [0.15, 0.2) is 30.5 Å². The number of nitrogens with one attached hydrogen (secondary N) is 4. The normalized spacial score (nSPS) is 10.9. The Labute approximate surface area is 159 Å². The first-order chi connectivity index (χ1) is 13.1. The van der Waals surface area contributed by atoms with E-state index in [1.54, 1.807) is 24.3 Å². The third-order valence-corrected chi connectivity index (χ3v) is 3.35. The standard InChI is InChI=1S/C17H19F3N6O2/c1-10(27)21-7-8-22-15-14(17(18,19)20)9-23-16(26-15)25-13-5-3-12(4-6-13)24-11(2)28/h3-6,9H,7-8H2,1-2H3,(H,21,27)(H,24,28)(H2,22,23,25,26). The number of amides is 2. The van der Waals surface area contributed by atoms with Crippen molar-refractivity contribution in [3.63, 3.8) is 0 Å². The molecular weight excluding hydrogens is 377 g/mol. The fourth-order valence-corrected chi connectivity index (χ4v) is 2.17. The van der Waals surface area contributed by atoms with Gasteiger partial charge in [-0.25, -0.2) is 4.98 Å². The molecule has 0 bridgehead atoms. The Hall–Kier alpha value is -3.37.